The lowest BCUT2D eigenvalue weighted by Crippen LogP contribution is -2.40. The molecule has 1 saturated heterocycles. The standard InChI is InChI=1S/C24H22ClN3O4S/c25-20-7-1-3-9-22(20)31-18-11-13-19(14-12-18)33(29,30)26-16-17-6-5-15-28(17)24-27-21-8-2-4-10-23(21)32-24/h1-4,7-14,17,26H,5-6,15-16H2. The molecule has 1 unspecified atom stereocenters. The summed E-state index contributed by atoms with van der Waals surface area (Å²) in [6.45, 7) is 1.03. The van der Waals surface area contributed by atoms with Gasteiger partial charge in [-0.15, -0.1) is 0 Å². The minimum Gasteiger partial charge on any atom is -0.456 e. The lowest BCUT2D eigenvalue weighted by atomic mass is 10.2. The highest BCUT2D eigenvalue weighted by atomic mass is 35.5. The summed E-state index contributed by atoms with van der Waals surface area (Å²) in [5, 5.41) is 0.482. The van der Waals surface area contributed by atoms with E-state index in [-0.39, 0.29) is 17.5 Å². The summed E-state index contributed by atoms with van der Waals surface area (Å²) in [6.07, 6.45) is 1.80. The number of hydrogen-bond acceptors (Lipinski definition) is 6. The van der Waals surface area contributed by atoms with E-state index in [4.69, 9.17) is 20.8 Å². The molecule has 1 fully saturated rings. The Morgan fingerprint density at radius 1 is 1.06 bits per heavy atom. The number of fused-ring (bicyclic) bond motifs is 1. The van der Waals surface area contributed by atoms with Crippen molar-refractivity contribution in [2.75, 3.05) is 18.0 Å². The van der Waals surface area contributed by atoms with Gasteiger partial charge >= 0.3 is 0 Å². The molecule has 0 aliphatic carbocycles. The fourth-order valence-electron chi connectivity index (χ4n) is 3.91. The molecule has 0 saturated carbocycles. The zero-order chi connectivity index (χ0) is 22.8. The van der Waals surface area contributed by atoms with Crippen LogP contribution in [-0.2, 0) is 10.0 Å². The van der Waals surface area contributed by atoms with E-state index in [0.29, 0.717) is 22.5 Å². The van der Waals surface area contributed by atoms with Crippen molar-refractivity contribution in [1.29, 1.82) is 0 Å². The molecule has 0 spiro atoms. The highest BCUT2D eigenvalue weighted by Crippen LogP contribution is 2.30. The van der Waals surface area contributed by atoms with Crippen molar-refractivity contribution in [3.8, 4) is 11.5 Å². The lowest BCUT2D eigenvalue weighted by molar-refractivity contribution is 0.482. The van der Waals surface area contributed by atoms with Crippen molar-refractivity contribution >= 4 is 38.7 Å². The van der Waals surface area contributed by atoms with E-state index in [9.17, 15) is 8.42 Å². The highest BCUT2D eigenvalue weighted by molar-refractivity contribution is 7.89. The van der Waals surface area contributed by atoms with Crippen LogP contribution in [0.1, 0.15) is 12.8 Å². The minimum atomic E-state index is -3.69. The molecule has 0 radical (unpaired) electrons. The molecule has 4 aromatic rings. The van der Waals surface area contributed by atoms with Crippen LogP contribution >= 0.6 is 11.6 Å². The molecule has 7 nitrogen and oxygen atoms in total. The molecule has 1 aliphatic rings. The first-order valence-electron chi connectivity index (χ1n) is 10.6. The fraction of sp³-hybridized carbons (Fsp3) is 0.208. The number of anilines is 1. The number of hydrogen-bond donors (Lipinski definition) is 1. The average Bonchev–Trinajstić information content (AvgIpc) is 3.46. The predicted octanol–water partition coefficient (Wildman–Crippen LogP) is 5.22. The number of ether oxygens (including phenoxy) is 1. The van der Waals surface area contributed by atoms with Crippen molar-refractivity contribution in [3.63, 3.8) is 0 Å². The van der Waals surface area contributed by atoms with Gasteiger partial charge in [-0.2, -0.15) is 4.98 Å². The van der Waals surface area contributed by atoms with E-state index in [0.717, 1.165) is 30.5 Å². The first-order chi connectivity index (χ1) is 16.0. The largest absolute Gasteiger partial charge is 0.456 e. The molecule has 1 atom stereocenters. The van der Waals surface area contributed by atoms with Gasteiger partial charge in [0.15, 0.2) is 5.58 Å². The Kier molecular flexibility index (Phi) is 5.97. The van der Waals surface area contributed by atoms with E-state index in [1.807, 2.05) is 41.3 Å². The Bertz CT molecular complexity index is 1340. The molecule has 1 aliphatic heterocycles. The van der Waals surface area contributed by atoms with Crippen LogP contribution in [0, 0.1) is 0 Å². The van der Waals surface area contributed by atoms with Crippen molar-refractivity contribution in [2.45, 2.75) is 23.8 Å². The molecular formula is C24H22ClN3O4S. The molecule has 5 rings (SSSR count). The molecule has 0 amide bonds. The van der Waals surface area contributed by atoms with E-state index in [1.165, 1.54) is 12.1 Å². The number of rotatable bonds is 7. The normalized spacial score (nSPS) is 16.4. The zero-order valence-corrected chi connectivity index (χ0v) is 19.2. The molecule has 0 bridgehead atoms. The van der Waals surface area contributed by atoms with Crippen LogP contribution in [0.25, 0.3) is 11.1 Å². The minimum absolute atomic E-state index is 0.0318. The molecule has 170 valence electrons. The van der Waals surface area contributed by atoms with Gasteiger partial charge in [-0.05, 0) is 61.4 Å². The Morgan fingerprint density at radius 3 is 2.61 bits per heavy atom. The molecule has 33 heavy (non-hydrogen) atoms. The number of benzene rings is 3. The van der Waals surface area contributed by atoms with Crippen LogP contribution < -0.4 is 14.4 Å². The van der Waals surface area contributed by atoms with Crippen LogP contribution in [0.4, 0.5) is 6.01 Å². The number of oxazole rings is 1. The van der Waals surface area contributed by atoms with E-state index in [1.54, 1.807) is 24.3 Å². The van der Waals surface area contributed by atoms with Gasteiger partial charge < -0.3 is 14.1 Å². The number of sulfonamides is 1. The predicted molar refractivity (Wildman–Crippen MR) is 128 cm³/mol. The van der Waals surface area contributed by atoms with Crippen LogP contribution in [-0.4, -0.2) is 32.5 Å². The van der Waals surface area contributed by atoms with Gasteiger partial charge in [0.2, 0.25) is 10.0 Å². The quantitative estimate of drug-likeness (QED) is 0.388. The average molecular weight is 484 g/mol. The van der Waals surface area contributed by atoms with E-state index >= 15 is 0 Å². The summed E-state index contributed by atoms with van der Waals surface area (Å²) in [5.74, 6) is 1.01. The Morgan fingerprint density at radius 2 is 1.82 bits per heavy atom. The van der Waals surface area contributed by atoms with E-state index in [2.05, 4.69) is 9.71 Å². The van der Waals surface area contributed by atoms with Crippen LogP contribution in [0.15, 0.2) is 82.1 Å². The van der Waals surface area contributed by atoms with Crippen LogP contribution in [0.2, 0.25) is 5.02 Å². The topological polar surface area (TPSA) is 84.7 Å². The van der Waals surface area contributed by atoms with Crippen LogP contribution in [0.3, 0.4) is 0 Å². The third kappa shape index (κ3) is 4.68. The second kappa shape index (κ2) is 9.05. The monoisotopic (exact) mass is 483 g/mol. The first kappa shape index (κ1) is 21.8. The van der Waals surface area contributed by atoms with Gasteiger partial charge in [0.25, 0.3) is 6.01 Å². The van der Waals surface area contributed by atoms with Crippen molar-refractivity contribution in [2.24, 2.45) is 0 Å². The molecule has 1 N–H and O–H groups in total. The smallest absolute Gasteiger partial charge is 0.298 e. The van der Waals surface area contributed by atoms with Gasteiger partial charge in [0, 0.05) is 19.1 Å². The van der Waals surface area contributed by atoms with Crippen molar-refractivity contribution in [3.05, 3.63) is 77.8 Å². The summed E-state index contributed by atoms with van der Waals surface area (Å²) in [4.78, 5) is 6.75. The second-order valence-electron chi connectivity index (χ2n) is 7.81. The molecule has 2 heterocycles. The summed E-state index contributed by atoms with van der Waals surface area (Å²) in [5.41, 5.74) is 1.51. The van der Waals surface area contributed by atoms with Gasteiger partial charge in [-0.1, -0.05) is 35.9 Å². The summed E-state index contributed by atoms with van der Waals surface area (Å²) in [7, 11) is -3.69. The Labute approximate surface area is 197 Å². The summed E-state index contributed by atoms with van der Waals surface area (Å²) in [6, 6.07) is 21.4. The number of nitrogens with one attached hydrogen (secondary N) is 1. The van der Waals surface area contributed by atoms with Crippen molar-refractivity contribution in [1.82, 2.24) is 9.71 Å². The van der Waals surface area contributed by atoms with E-state index < -0.39 is 10.0 Å². The maximum atomic E-state index is 12.9. The molecule has 3 aromatic carbocycles. The lowest BCUT2D eigenvalue weighted by Gasteiger charge is -2.23. The number of para-hydroxylation sites is 3. The molecule has 9 heteroatoms. The van der Waals surface area contributed by atoms with Gasteiger partial charge in [-0.3, -0.25) is 0 Å². The maximum absolute atomic E-state index is 12.9. The third-order valence-corrected chi connectivity index (χ3v) is 7.36. The number of halogens is 1. The molecule has 1 aromatic heterocycles. The second-order valence-corrected chi connectivity index (χ2v) is 9.98. The fourth-order valence-corrected chi connectivity index (χ4v) is 5.16. The number of aromatic nitrogens is 1. The summed E-state index contributed by atoms with van der Waals surface area (Å²) >= 11 is 6.11. The Hall–Kier alpha value is -3.07. The maximum Gasteiger partial charge on any atom is 0.298 e. The van der Waals surface area contributed by atoms with Crippen LogP contribution in [0.5, 0.6) is 11.5 Å². The summed E-state index contributed by atoms with van der Waals surface area (Å²) < 4.78 is 40.1. The zero-order valence-electron chi connectivity index (χ0n) is 17.6. The third-order valence-electron chi connectivity index (χ3n) is 5.61. The van der Waals surface area contributed by atoms with Gasteiger partial charge in [0.05, 0.1) is 9.92 Å². The van der Waals surface area contributed by atoms with Crippen molar-refractivity contribution < 1.29 is 17.6 Å². The van der Waals surface area contributed by atoms with Gasteiger partial charge in [0.1, 0.15) is 17.0 Å². The first-order valence-corrected chi connectivity index (χ1v) is 12.5. The Balaban J connectivity index is 1.25. The van der Waals surface area contributed by atoms with Gasteiger partial charge in [-0.25, -0.2) is 13.1 Å². The molecular weight excluding hydrogens is 462 g/mol. The SMILES string of the molecule is O=S(=O)(NCC1CCCN1c1nc2ccccc2o1)c1ccc(Oc2ccccc2Cl)cc1. The number of nitrogens with zero attached hydrogens (tertiary/aromatic N) is 2. The highest BCUT2D eigenvalue weighted by Gasteiger charge is 2.29.